The van der Waals surface area contributed by atoms with Crippen LogP contribution in [0.2, 0.25) is 5.02 Å². The molecule has 0 aliphatic carbocycles. The highest BCUT2D eigenvalue weighted by Crippen LogP contribution is 2.33. The number of ether oxygens (including phenoxy) is 1. The topological polar surface area (TPSA) is 65.1 Å². The molecule has 1 heterocycles. The monoisotopic (exact) mass is 376 g/mol. The Morgan fingerprint density at radius 2 is 2.33 bits per heavy atom. The Morgan fingerprint density at radius 3 is 2.95 bits per heavy atom. The van der Waals surface area contributed by atoms with Crippen molar-refractivity contribution in [3.63, 3.8) is 0 Å². The summed E-state index contributed by atoms with van der Waals surface area (Å²) in [6.45, 7) is 0.948. The van der Waals surface area contributed by atoms with E-state index in [0.29, 0.717) is 33.9 Å². The molecule has 3 N–H and O–H groups in total. The number of nitrogens with one attached hydrogen (secondary N) is 1. The largest absolute Gasteiger partial charge is 0.383 e. The number of methoxy groups -OCH3 is 1. The van der Waals surface area contributed by atoms with E-state index in [0.717, 1.165) is 0 Å². The number of hydrogen-bond acceptors (Lipinski definition) is 4. The van der Waals surface area contributed by atoms with Crippen molar-refractivity contribution in [2.24, 2.45) is 5.84 Å². The van der Waals surface area contributed by atoms with Crippen molar-refractivity contribution in [1.29, 1.82) is 0 Å². The molecule has 1 aromatic heterocycles. The van der Waals surface area contributed by atoms with Gasteiger partial charge in [0.25, 0.3) is 0 Å². The number of hydrazine groups is 1. The summed E-state index contributed by atoms with van der Waals surface area (Å²) in [7, 11) is 1.59. The van der Waals surface area contributed by atoms with Gasteiger partial charge >= 0.3 is 0 Å². The zero-order chi connectivity index (χ0) is 15.4. The van der Waals surface area contributed by atoms with Crippen LogP contribution in [0.25, 0.3) is 0 Å². The summed E-state index contributed by atoms with van der Waals surface area (Å²) in [5.41, 5.74) is 3.57. The lowest BCUT2D eigenvalue weighted by Crippen LogP contribution is -2.32. The van der Waals surface area contributed by atoms with Gasteiger partial charge in [-0.1, -0.05) is 33.6 Å². The van der Waals surface area contributed by atoms with Gasteiger partial charge in [-0.3, -0.25) is 10.5 Å². The number of nitrogens with zero attached hydrogens (tertiary/aromatic N) is 2. The molecule has 5 nitrogen and oxygen atoms in total. The zero-order valence-electron chi connectivity index (χ0n) is 11.3. The van der Waals surface area contributed by atoms with Crippen LogP contribution in [-0.4, -0.2) is 23.5 Å². The lowest BCUT2D eigenvalue weighted by Gasteiger charge is -2.20. The van der Waals surface area contributed by atoms with Crippen LogP contribution in [-0.2, 0) is 11.3 Å². The van der Waals surface area contributed by atoms with Gasteiger partial charge in [0.15, 0.2) is 0 Å². The first kappa shape index (κ1) is 16.4. The highest BCUT2D eigenvalue weighted by atomic mass is 79.9. The fourth-order valence-corrected chi connectivity index (χ4v) is 2.92. The Balaban J connectivity index is 2.49. The lowest BCUT2D eigenvalue weighted by atomic mass is 10.0. The number of rotatable bonds is 6. The molecule has 0 radical (unpaired) electrons. The Kier molecular flexibility index (Phi) is 5.72. The van der Waals surface area contributed by atoms with Gasteiger partial charge in [0, 0.05) is 17.1 Å². The van der Waals surface area contributed by atoms with Crippen molar-refractivity contribution >= 4 is 27.5 Å². The van der Waals surface area contributed by atoms with E-state index >= 15 is 0 Å². The van der Waals surface area contributed by atoms with E-state index in [-0.39, 0.29) is 5.82 Å². The Bertz CT molecular complexity index is 602. The third-order valence-electron chi connectivity index (χ3n) is 3.07. The van der Waals surface area contributed by atoms with Gasteiger partial charge in [-0.05, 0) is 12.1 Å². The van der Waals surface area contributed by atoms with Crippen LogP contribution in [0, 0.1) is 5.82 Å². The molecule has 114 valence electrons. The summed E-state index contributed by atoms with van der Waals surface area (Å²) >= 11 is 9.54. The second-order valence-corrected chi connectivity index (χ2v) is 5.59. The fraction of sp³-hybridized carbons (Fsp3) is 0.308. The zero-order valence-corrected chi connectivity index (χ0v) is 13.7. The average Bonchev–Trinajstić information content (AvgIpc) is 2.82. The number of aromatic nitrogens is 2. The number of nitrogens with two attached hydrogens (primary N) is 1. The van der Waals surface area contributed by atoms with E-state index in [1.807, 2.05) is 0 Å². The molecule has 21 heavy (non-hydrogen) atoms. The van der Waals surface area contributed by atoms with Crippen molar-refractivity contribution in [2.45, 2.75) is 12.6 Å². The van der Waals surface area contributed by atoms with Crippen LogP contribution in [0.5, 0.6) is 0 Å². The molecule has 0 amide bonds. The van der Waals surface area contributed by atoms with Gasteiger partial charge in [0.05, 0.1) is 36.1 Å². The van der Waals surface area contributed by atoms with Crippen LogP contribution >= 0.6 is 27.5 Å². The molecule has 8 heteroatoms. The van der Waals surface area contributed by atoms with Gasteiger partial charge in [-0.15, -0.1) is 0 Å². The molecule has 0 spiro atoms. The number of benzene rings is 1. The van der Waals surface area contributed by atoms with E-state index in [2.05, 4.69) is 26.5 Å². The Morgan fingerprint density at radius 1 is 1.57 bits per heavy atom. The van der Waals surface area contributed by atoms with Crippen molar-refractivity contribution < 1.29 is 9.13 Å². The first-order valence-electron chi connectivity index (χ1n) is 6.20. The maximum Gasteiger partial charge on any atom is 0.129 e. The normalized spacial score (nSPS) is 12.6. The van der Waals surface area contributed by atoms with Crippen LogP contribution in [0.1, 0.15) is 17.3 Å². The summed E-state index contributed by atoms with van der Waals surface area (Å²) in [5.74, 6) is 5.25. The second kappa shape index (κ2) is 7.33. The van der Waals surface area contributed by atoms with E-state index < -0.39 is 6.04 Å². The second-order valence-electron chi connectivity index (χ2n) is 4.33. The maximum absolute atomic E-state index is 14.2. The summed E-state index contributed by atoms with van der Waals surface area (Å²) in [6.07, 6.45) is 1.51. The molecule has 0 fully saturated rings. The smallest absolute Gasteiger partial charge is 0.129 e. The van der Waals surface area contributed by atoms with Crippen LogP contribution < -0.4 is 11.3 Å². The lowest BCUT2D eigenvalue weighted by molar-refractivity contribution is 0.182. The quantitative estimate of drug-likeness (QED) is 0.600. The molecule has 1 unspecified atom stereocenters. The predicted octanol–water partition coefficient (Wildman–Crippen LogP) is 2.64. The molecule has 0 bridgehead atoms. The third kappa shape index (κ3) is 3.44. The molecular formula is C13H15BrClFN4O. The fourth-order valence-electron chi connectivity index (χ4n) is 2.10. The van der Waals surface area contributed by atoms with Gasteiger partial charge in [-0.2, -0.15) is 5.10 Å². The first-order valence-corrected chi connectivity index (χ1v) is 7.37. The van der Waals surface area contributed by atoms with E-state index in [1.54, 1.807) is 23.9 Å². The molecule has 0 saturated heterocycles. The number of hydrogen-bond donors (Lipinski definition) is 2. The standard InChI is InChI=1S/C13H15BrClFN4O/c1-21-6-5-20-13(9(15)7-18-20)12(19-17)11-8(14)3-2-4-10(11)16/h2-4,7,12,19H,5-6,17H2,1H3. The molecular weight excluding hydrogens is 363 g/mol. The van der Waals surface area contributed by atoms with Crippen LogP contribution in [0.4, 0.5) is 4.39 Å². The number of halogens is 3. The highest BCUT2D eigenvalue weighted by molar-refractivity contribution is 9.10. The minimum atomic E-state index is -0.632. The van der Waals surface area contributed by atoms with Crippen molar-refractivity contribution in [2.75, 3.05) is 13.7 Å². The van der Waals surface area contributed by atoms with Gasteiger partial charge in [-0.25, -0.2) is 9.82 Å². The Hall–Kier alpha value is -0.990. The van der Waals surface area contributed by atoms with E-state index in [9.17, 15) is 4.39 Å². The average molecular weight is 378 g/mol. The minimum absolute atomic E-state index is 0.376. The predicted molar refractivity (Wildman–Crippen MR) is 82.4 cm³/mol. The van der Waals surface area contributed by atoms with Crippen molar-refractivity contribution in [3.8, 4) is 0 Å². The maximum atomic E-state index is 14.2. The molecule has 1 aromatic carbocycles. The van der Waals surface area contributed by atoms with Crippen molar-refractivity contribution in [1.82, 2.24) is 15.2 Å². The van der Waals surface area contributed by atoms with Crippen molar-refractivity contribution in [3.05, 3.63) is 51.0 Å². The van der Waals surface area contributed by atoms with Crippen LogP contribution in [0.3, 0.4) is 0 Å². The van der Waals surface area contributed by atoms with E-state index in [4.69, 9.17) is 22.2 Å². The summed E-state index contributed by atoms with van der Waals surface area (Å²) in [6, 6.07) is 4.09. The van der Waals surface area contributed by atoms with Gasteiger partial charge in [0.1, 0.15) is 5.82 Å². The molecule has 0 aliphatic heterocycles. The molecule has 0 aliphatic rings. The minimum Gasteiger partial charge on any atom is -0.383 e. The summed E-state index contributed by atoms with van der Waals surface area (Å²) < 4.78 is 21.5. The molecule has 2 rings (SSSR count). The molecule has 2 aromatic rings. The first-order chi connectivity index (χ1) is 10.1. The van der Waals surface area contributed by atoms with Crippen LogP contribution in [0.15, 0.2) is 28.9 Å². The Labute approximate surface area is 135 Å². The van der Waals surface area contributed by atoms with Gasteiger partial charge < -0.3 is 4.74 Å². The SMILES string of the molecule is COCCn1ncc(Cl)c1C(NN)c1c(F)cccc1Br. The van der Waals surface area contributed by atoms with Gasteiger partial charge in [0.2, 0.25) is 0 Å². The molecule has 0 saturated carbocycles. The molecule has 1 atom stereocenters. The summed E-state index contributed by atoms with van der Waals surface area (Å²) in [4.78, 5) is 0. The summed E-state index contributed by atoms with van der Waals surface area (Å²) in [5, 5.41) is 4.59. The highest BCUT2D eigenvalue weighted by Gasteiger charge is 2.25. The third-order valence-corrected chi connectivity index (χ3v) is 4.05. The van der Waals surface area contributed by atoms with E-state index in [1.165, 1.54) is 12.3 Å².